The SMILES string of the molecule is CC1(C)c2ccccc2-c2ccc(N(C3=C=C=C(C45CC6CC(CC(C6)C4)C5)C=C3)c3c(C4=CC=CCC4)cccc3-c3ccccc3)cc21. The fourth-order valence-corrected chi connectivity index (χ4v) is 11.2. The van der Waals surface area contributed by atoms with Gasteiger partial charge in [0.25, 0.3) is 0 Å². The molecule has 4 bridgehead atoms. The molecule has 0 aromatic heterocycles. The molecule has 1 nitrogen and oxygen atoms in total. The highest BCUT2D eigenvalue weighted by Crippen LogP contribution is 2.63. The van der Waals surface area contributed by atoms with Crippen molar-refractivity contribution in [3.05, 3.63) is 161 Å². The Labute approximate surface area is 297 Å². The molecule has 4 aromatic carbocycles. The Hall–Kier alpha value is -4.80. The summed E-state index contributed by atoms with van der Waals surface area (Å²) in [5, 5.41) is 0. The van der Waals surface area contributed by atoms with Crippen molar-refractivity contribution in [3.8, 4) is 22.3 Å². The van der Waals surface area contributed by atoms with Gasteiger partial charge >= 0.3 is 0 Å². The number of nitrogens with zero attached hydrogens (tertiary/aromatic N) is 1. The molecule has 0 unspecified atom stereocenters. The molecule has 0 aliphatic heterocycles. The van der Waals surface area contributed by atoms with Gasteiger partial charge in [0.2, 0.25) is 0 Å². The first-order chi connectivity index (χ1) is 24.5. The Kier molecular flexibility index (Phi) is 6.83. The van der Waals surface area contributed by atoms with Crippen LogP contribution in [0, 0.1) is 23.2 Å². The second-order valence-corrected chi connectivity index (χ2v) is 16.5. The Morgan fingerprint density at radius 3 is 2.08 bits per heavy atom. The van der Waals surface area contributed by atoms with Crippen LogP contribution in [0.1, 0.15) is 81.9 Å². The highest BCUT2D eigenvalue weighted by molar-refractivity contribution is 5.95. The molecule has 50 heavy (non-hydrogen) atoms. The van der Waals surface area contributed by atoms with Crippen LogP contribution in [-0.2, 0) is 5.41 Å². The van der Waals surface area contributed by atoms with E-state index in [2.05, 4.69) is 152 Å². The summed E-state index contributed by atoms with van der Waals surface area (Å²) in [6, 6.07) is 34.0. The van der Waals surface area contributed by atoms with Gasteiger partial charge in [-0.1, -0.05) is 117 Å². The maximum absolute atomic E-state index is 3.86. The van der Waals surface area contributed by atoms with Gasteiger partial charge < -0.3 is 4.90 Å². The molecule has 0 atom stereocenters. The van der Waals surface area contributed by atoms with E-state index in [4.69, 9.17) is 0 Å². The maximum atomic E-state index is 3.86. The van der Waals surface area contributed by atoms with Gasteiger partial charge in [-0.15, -0.1) is 0 Å². The van der Waals surface area contributed by atoms with E-state index in [0.29, 0.717) is 5.41 Å². The first-order valence-corrected chi connectivity index (χ1v) is 19.0. The van der Waals surface area contributed by atoms with Crippen LogP contribution in [-0.4, -0.2) is 0 Å². The van der Waals surface area contributed by atoms with Gasteiger partial charge in [-0.2, -0.15) is 0 Å². The minimum atomic E-state index is -0.0930. The third-order valence-electron chi connectivity index (χ3n) is 13.1. The van der Waals surface area contributed by atoms with E-state index in [1.54, 1.807) is 0 Å². The molecule has 7 aliphatic carbocycles. The highest BCUT2D eigenvalue weighted by atomic mass is 15.2. The Morgan fingerprint density at radius 2 is 1.36 bits per heavy atom. The normalized spacial score (nSPS) is 26.3. The molecule has 4 saturated carbocycles. The summed E-state index contributed by atoms with van der Waals surface area (Å²) in [5.74, 6) is 2.72. The lowest BCUT2D eigenvalue weighted by molar-refractivity contribution is -0.0284. The van der Waals surface area contributed by atoms with Crippen LogP contribution in [0.15, 0.2) is 144 Å². The van der Waals surface area contributed by atoms with E-state index in [-0.39, 0.29) is 5.41 Å². The smallest absolute Gasteiger partial charge is 0.0974 e. The number of hydrogen-bond acceptors (Lipinski definition) is 1. The highest BCUT2D eigenvalue weighted by Gasteiger charge is 2.52. The van der Waals surface area contributed by atoms with Crippen molar-refractivity contribution in [2.75, 3.05) is 4.90 Å². The van der Waals surface area contributed by atoms with Crippen molar-refractivity contribution < 1.29 is 0 Å². The second kappa shape index (κ2) is 11.4. The number of benzene rings is 4. The number of hydrogen-bond donors (Lipinski definition) is 0. The Balaban J connectivity index is 1.21. The largest absolute Gasteiger partial charge is 0.302 e. The molecule has 1 heteroatoms. The molecule has 0 amide bonds. The van der Waals surface area contributed by atoms with Gasteiger partial charge in [0.05, 0.1) is 11.4 Å². The van der Waals surface area contributed by atoms with Crippen LogP contribution >= 0.6 is 0 Å². The Bertz CT molecular complexity index is 2210. The zero-order chi connectivity index (χ0) is 33.5. The summed E-state index contributed by atoms with van der Waals surface area (Å²) < 4.78 is 0. The quantitative estimate of drug-likeness (QED) is 0.188. The number of rotatable bonds is 6. The van der Waals surface area contributed by atoms with Crippen molar-refractivity contribution in [2.45, 2.75) is 70.6 Å². The fraction of sp³-hybridized carbons (Fsp3) is 0.306. The van der Waals surface area contributed by atoms with Crippen molar-refractivity contribution >= 4 is 16.9 Å². The van der Waals surface area contributed by atoms with Crippen molar-refractivity contribution in [2.24, 2.45) is 23.2 Å². The van der Waals surface area contributed by atoms with E-state index in [1.807, 2.05) is 0 Å². The summed E-state index contributed by atoms with van der Waals surface area (Å²) in [7, 11) is 0. The van der Waals surface area contributed by atoms with E-state index in [9.17, 15) is 0 Å². The van der Waals surface area contributed by atoms with Crippen molar-refractivity contribution in [1.82, 2.24) is 0 Å². The molecule has 0 saturated heterocycles. The lowest BCUT2D eigenvalue weighted by Gasteiger charge is -2.57. The number of anilines is 2. The van der Waals surface area contributed by atoms with Gasteiger partial charge in [-0.05, 0) is 133 Å². The average Bonchev–Trinajstić information content (AvgIpc) is 3.38. The number of para-hydroxylation sites is 1. The third kappa shape index (κ3) is 4.68. The van der Waals surface area contributed by atoms with E-state index in [0.717, 1.165) is 36.3 Å². The van der Waals surface area contributed by atoms with Gasteiger partial charge in [-0.25, -0.2) is 0 Å². The summed E-state index contributed by atoms with van der Waals surface area (Å²) in [6.07, 6.45) is 22.1. The third-order valence-corrected chi connectivity index (χ3v) is 13.1. The minimum Gasteiger partial charge on any atom is -0.302 e. The summed E-state index contributed by atoms with van der Waals surface area (Å²) in [5.41, 5.74) is 23.4. The fourth-order valence-electron chi connectivity index (χ4n) is 11.2. The molecule has 0 spiro atoms. The first kappa shape index (κ1) is 30.1. The molecule has 11 rings (SSSR count). The second-order valence-electron chi connectivity index (χ2n) is 16.5. The van der Waals surface area contributed by atoms with Gasteiger partial charge in [0.1, 0.15) is 0 Å². The van der Waals surface area contributed by atoms with E-state index >= 15 is 0 Å². The zero-order valence-corrected chi connectivity index (χ0v) is 29.4. The van der Waals surface area contributed by atoms with Crippen LogP contribution in [0.3, 0.4) is 0 Å². The molecule has 0 N–H and O–H groups in total. The maximum Gasteiger partial charge on any atom is 0.0974 e. The summed E-state index contributed by atoms with van der Waals surface area (Å²) in [6.45, 7) is 4.77. The van der Waals surface area contributed by atoms with Crippen LogP contribution in [0.2, 0.25) is 0 Å². The van der Waals surface area contributed by atoms with Gasteiger partial charge in [-0.3, -0.25) is 0 Å². The van der Waals surface area contributed by atoms with Crippen LogP contribution in [0.5, 0.6) is 0 Å². The molecular weight excluding hydrogens is 603 g/mol. The zero-order valence-electron chi connectivity index (χ0n) is 29.4. The molecule has 0 radical (unpaired) electrons. The van der Waals surface area contributed by atoms with Gasteiger partial charge in [0, 0.05) is 33.2 Å². The lowest BCUT2D eigenvalue weighted by atomic mass is 9.48. The number of fused-ring (bicyclic) bond motifs is 3. The predicted octanol–water partition coefficient (Wildman–Crippen LogP) is 12.9. The molecule has 246 valence electrons. The van der Waals surface area contributed by atoms with Crippen LogP contribution < -0.4 is 4.90 Å². The molecule has 4 fully saturated rings. The molecule has 7 aliphatic rings. The summed E-state index contributed by atoms with van der Waals surface area (Å²) in [4.78, 5) is 2.51. The van der Waals surface area contributed by atoms with Gasteiger partial charge in [0.15, 0.2) is 0 Å². The minimum absolute atomic E-state index is 0.0930. The average molecular weight is 648 g/mol. The topological polar surface area (TPSA) is 3.24 Å². The van der Waals surface area contributed by atoms with E-state index < -0.39 is 0 Å². The van der Waals surface area contributed by atoms with E-state index in [1.165, 1.54) is 100.0 Å². The Morgan fingerprint density at radius 1 is 0.660 bits per heavy atom. The molecular formula is C49H45N. The van der Waals surface area contributed by atoms with Crippen molar-refractivity contribution in [1.29, 1.82) is 0 Å². The van der Waals surface area contributed by atoms with Crippen LogP contribution in [0.4, 0.5) is 11.4 Å². The monoisotopic (exact) mass is 647 g/mol. The predicted molar refractivity (Wildman–Crippen MR) is 208 cm³/mol. The van der Waals surface area contributed by atoms with Crippen molar-refractivity contribution in [3.63, 3.8) is 0 Å². The first-order valence-electron chi connectivity index (χ1n) is 19.0. The summed E-state index contributed by atoms with van der Waals surface area (Å²) >= 11 is 0. The number of allylic oxidation sites excluding steroid dienone is 7. The lowest BCUT2D eigenvalue weighted by Crippen LogP contribution is -2.46. The molecule has 4 aromatic rings. The van der Waals surface area contributed by atoms with Crippen LogP contribution in [0.25, 0.3) is 27.8 Å². The standard InChI is InChI=1S/C49H45N/c1-48(2)45-19-10-9-16-43(45)44-25-24-40(29-46(44)48)50(39-22-20-38(21-23-39)49-30-33-26-34(31-49)28-35(27-33)32-49)47-41(36-12-5-3-6-13-36)17-11-18-42(47)37-14-7-4-8-15-37/h3-7,9-14,16-20,22,24-25,29,33-35H,8,15,26-28,30-32H2,1-2H3. The molecule has 0 heterocycles.